The number of benzene rings is 1. The van der Waals surface area contributed by atoms with Gasteiger partial charge in [-0.2, -0.15) is 0 Å². The van der Waals surface area contributed by atoms with E-state index in [1.165, 1.54) is 5.56 Å². The fraction of sp³-hybridized carbons (Fsp3) is 0.474. The Labute approximate surface area is 162 Å². The molecule has 4 rings (SSSR count). The van der Waals surface area contributed by atoms with E-state index in [9.17, 15) is 4.79 Å². The monoisotopic (exact) mass is 388 g/mol. The highest BCUT2D eigenvalue weighted by Crippen LogP contribution is 2.42. The van der Waals surface area contributed by atoms with E-state index in [0.29, 0.717) is 12.4 Å². The van der Waals surface area contributed by atoms with Gasteiger partial charge in [0.1, 0.15) is 18.1 Å². The number of carbonyl (C=O) groups excluding carboxylic acids is 1. The van der Waals surface area contributed by atoms with Gasteiger partial charge in [0.15, 0.2) is 0 Å². The summed E-state index contributed by atoms with van der Waals surface area (Å²) in [6, 6.07) is 8.44. The van der Waals surface area contributed by atoms with Crippen LogP contribution in [0, 0.1) is 19.8 Å². The summed E-state index contributed by atoms with van der Waals surface area (Å²) in [4.78, 5) is 12.0. The van der Waals surface area contributed by atoms with Crippen molar-refractivity contribution in [3.05, 3.63) is 46.8 Å². The fourth-order valence-electron chi connectivity index (χ4n) is 3.70. The van der Waals surface area contributed by atoms with Gasteiger partial charge in [-0.05, 0) is 38.5 Å². The predicted octanol–water partition coefficient (Wildman–Crippen LogP) is 2.21. The molecule has 27 heavy (non-hydrogen) atoms. The molecule has 0 aliphatic carbocycles. The summed E-state index contributed by atoms with van der Waals surface area (Å²) in [5.41, 5.74) is 9.50. The molecule has 2 saturated heterocycles. The Morgan fingerprint density at radius 2 is 2.04 bits per heavy atom. The van der Waals surface area contributed by atoms with E-state index in [1.807, 2.05) is 26.0 Å². The molecule has 1 aromatic carbocycles. The lowest BCUT2D eigenvalue weighted by Gasteiger charge is -2.27. The zero-order valence-electron chi connectivity index (χ0n) is 15.6. The maximum atomic E-state index is 12.0. The number of hydrogen-bond donors (Lipinski definition) is 3. The average Bonchev–Trinajstić information content (AvgIpc) is 3.11. The zero-order valence-corrected chi connectivity index (χ0v) is 16.4. The van der Waals surface area contributed by atoms with E-state index in [4.69, 9.17) is 9.26 Å². The summed E-state index contributed by atoms with van der Waals surface area (Å²) >= 11 is 1.69. The van der Waals surface area contributed by atoms with Gasteiger partial charge in [-0.3, -0.25) is 10.2 Å². The molecule has 4 atom stereocenters. The SMILES string of the molecule is Cc1noc(C)c1COc1ccc(C2SCC(=O)NC3NNC(C)C32)cc1. The van der Waals surface area contributed by atoms with Gasteiger partial charge in [0.25, 0.3) is 0 Å². The van der Waals surface area contributed by atoms with Crippen molar-refractivity contribution in [3.63, 3.8) is 0 Å². The van der Waals surface area contributed by atoms with Crippen molar-refractivity contribution in [1.29, 1.82) is 0 Å². The first-order valence-electron chi connectivity index (χ1n) is 9.09. The molecule has 4 unspecified atom stereocenters. The lowest BCUT2D eigenvalue weighted by atomic mass is 9.91. The van der Waals surface area contributed by atoms with Gasteiger partial charge in [0.2, 0.25) is 5.91 Å². The molecule has 8 heteroatoms. The minimum absolute atomic E-state index is 0.0528. The van der Waals surface area contributed by atoms with Crippen LogP contribution in [0.15, 0.2) is 28.8 Å². The molecule has 2 aliphatic rings. The highest BCUT2D eigenvalue weighted by molar-refractivity contribution is 8.00. The Morgan fingerprint density at radius 1 is 1.26 bits per heavy atom. The summed E-state index contributed by atoms with van der Waals surface area (Å²) in [6.07, 6.45) is -0.0528. The molecule has 2 fully saturated rings. The number of nitrogens with one attached hydrogen (secondary N) is 3. The number of aryl methyl sites for hydroxylation is 2. The topological polar surface area (TPSA) is 88.4 Å². The van der Waals surface area contributed by atoms with Crippen molar-refractivity contribution in [2.75, 3.05) is 5.75 Å². The number of nitrogens with zero attached hydrogens (tertiary/aromatic N) is 1. The molecular weight excluding hydrogens is 364 g/mol. The zero-order chi connectivity index (χ0) is 19.0. The quantitative estimate of drug-likeness (QED) is 0.740. The Hall–Kier alpha value is -2.03. The number of fused-ring (bicyclic) bond motifs is 1. The van der Waals surface area contributed by atoms with Crippen molar-refractivity contribution in [1.82, 2.24) is 21.3 Å². The normalized spacial score (nSPS) is 27.7. The minimum atomic E-state index is -0.0528. The van der Waals surface area contributed by atoms with Crippen molar-refractivity contribution < 1.29 is 14.1 Å². The Morgan fingerprint density at radius 3 is 2.74 bits per heavy atom. The lowest BCUT2D eigenvalue weighted by molar-refractivity contribution is -0.119. The van der Waals surface area contributed by atoms with E-state index in [2.05, 4.69) is 40.4 Å². The molecule has 7 nitrogen and oxygen atoms in total. The number of rotatable bonds is 4. The molecule has 144 valence electrons. The Balaban J connectivity index is 1.48. The number of carbonyl (C=O) groups is 1. The average molecular weight is 388 g/mol. The predicted molar refractivity (Wildman–Crippen MR) is 103 cm³/mol. The second-order valence-electron chi connectivity index (χ2n) is 7.09. The van der Waals surface area contributed by atoms with E-state index in [-0.39, 0.29) is 29.3 Å². The third-order valence-electron chi connectivity index (χ3n) is 5.26. The van der Waals surface area contributed by atoms with Crippen LogP contribution in [-0.4, -0.2) is 29.0 Å². The smallest absolute Gasteiger partial charge is 0.231 e. The van der Waals surface area contributed by atoms with Crippen LogP contribution in [0.1, 0.15) is 34.8 Å². The molecule has 2 aromatic rings. The molecule has 1 amide bonds. The third-order valence-corrected chi connectivity index (χ3v) is 6.64. The highest BCUT2D eigenvalue weighted by Gasteiger charge is 2.42. The number of hydrazine groups is 1. The molecule has 0 spiro atoms. The maximum absolute atomic E-state index is 12.0. The van der Waals surface area contributed by atoms with Crippen LogP contribution < -0.4 is 20.9 Å². The van der Waals surface area contributed by atoms with Crippen molar-refractivity contribution in [3.8, 4) is 5.75 Å². The third kappa shape index (κ3) is 3.69. The lowest BCUT2D eigenvalue weighted by Crippen LogP contribution is -2.46. The van der Waals surface area contributed by atoms with Gasteiger partial charge < -0.3 is 14.6 Å². The molecule has 2 aliphatic heterocycles. The maximum Gasteiger partial charge on any atom is 0.231 e. The van der Waals surface area contributed by atoms with E-state index < -0.39 is 0 Å². The van der Waals surface area contributed by atoms with Gasteiger partial charge in [0, 0.05) is 17.2 Å². The summed E-state index contributed by atoms with van der Waals surface area (Å²) < 4.78 is 11.1. The van der Waals surface area contributed by atoms with Crippen LogP contribution in [0.3, 0.4) is 0 Å². The molecule has 3 N–H and O–H groups in total. The summed E-state index contributed by atoms with van der Waals surface area (Å²) in [7, 11) is 0. The molecular formula is C19H24N4O3S. The van der Waals surface area contributed by atoms with Crippen LogP contribution in [0.4, 0.5) is 0 Å². The van der Waals surface area contributed by atoms with Crippen LogP contribution >= 0.6 is 11.8 Å². The van der Waals surface area contributed by atoms with E-state index >= 15 is 0 Å². The number of amides is 1. The molecule has 0 bridgehead atoms. The summed E-state index contributed by atoms with van der Waals surface area (Å²) in [6.45, 7) is 6.39. The molecule has 1 aromatic heterocycles. The minimum Gasteiger partial charge on any atom is -0.489 e. The summed E-state index contributed by atoms with van der Waals surface area (Å²) in [5.74, 6) is 2.41. The number of aromatic nitrogens is 1. The van der Waals surface area contributed by atoms with Gasteiger partial charge >= 0.3 is 0 Å². The van der Waals surface area contributed by atoms with Gasteiger partial charge in [0.05, 0.1) is 23.2 Å². The van der Waals surface area contributed by atoms with Crippen molar-refractivity contribution in [2.24, 2.45) is 5.92 Å². The van der Waals surface area contributed by atoms with E-state index in [0.717, 1.165) is 22.8 Å². The second-order valence-corrected chi connectivity index (χ2v) is 8.22. The first kappa shape index (κ1) is 18.3. The van der Waals surface area contributed by atoms with Gasteiger partial charge in [-0.1, -0.05) is 17.3 Å². The standard InChI is InChI=1S/C19H24N4O3S/c1-10-15(12(3)26-23-10)8-25-14-6-4-13(5-7-14)18-17-11(2)21-22-19(17)20-16(24)9-27-18/h4-7,11,17-19,21-22H,8-9H2,1-3H3,(H,20,24). The van der Waals surface area contributed by atoms with Crippen molar-refractivity contribution in [2.45, 2.75) is 44.8 Å². The first-order valence-corrected chi connectivity index (χ1v) is 10.1. The fourth-order valence-corrected chi connectivity index (χ4v) is 5.08. The molecule has 0 saturated carbocycles. The van der Waals surface area contributed by atoms with Crippen LogP contribution in [0.5, 0.6) is 5.75 Å². The highest BCUT2D eigenvalue weighted by atomic mass is 32.2. The van der Waals surface area contributed by atoms with Crippen LogP contribution in [-0.2, 0) is 11.4 Å². The van der Waals surface area contributed by atoms with Gasteiger partial charge in [-0.15, -0.1) is 11.8 Å². The number of ether oxygens (including phenoxy) is 1. The van der Waals surface area contributed by atoms with Crippen LogP contribution in [0.25, 0.3) is 0 Å². The Bertz CT molecular complexity index is 803. The van der Waals surface area contributed by atoms with Crippen LogP contribution in [0.2, 0.25) is 0 Å². The molecule has 3 heterocycles. The van der Waals surface area contributed by atoms with Gasteiger partial charge in [-0.25, -0.2) is 5.43 Å². The number of hydrogen-bond acceptors (Lipinski definition) is 7. The second kappa shape index (κ2) is 7.53. The first-order chi connectivity index (χ1) is 13.0. The van der Waals surface area contributed by atoms with E-state index in [1.54, 1.807) is 11.8 Å². The summed E-state index contributed by atoms with van der Waals surface area (Å²) in [5, 5.41) is 7.23. The van der Waals surface area contributed by atoms with Crippen molar-refractivity contribution >= 4 is 17.7 Å². The Kier molecular flexibility index (Phi) is 5.12. The largest absolute Gasteiger partial charge is 0.489 e. The molecule has 0 radical (unpaired) electrons. The number of thioether (sulfide) groups is 1.